The molecule has 0 radical (unpaired) electrons. The third kappa shape index (κ3) is 2.66. The van der Waals surface area contributed by atoms with Crippen LogP contribution in [0.3, 0.4) is 0 Å². The largest absolute Gasteiger partial charge is 0.335 e. The normalized spacial score (nSPS) is 18.2. The molecule has 0 spiro atoms. The molecule has 124 valence electrons. The minimum absolute atomic E-state index is 0.126. The Balaban J connectivity index is 1.60. The Morgan fingerprint density at radius 1 is 1.33 bits per heavy atom. The molecule has 1 saturated heterocycles. The molecule has 3 aromatic rings. The quantitative estimate of drug-likeness (QED) is 0.714. The van der Waals surface area contributed by atoms with E-state index in [-0.39, 0.29) is 11.7 Å². The van der Waals surface area contributed by atoms with Gasteiger partial charge in [-0.05, 0) is 32.8 Å². The fourth-order valence-corrected chi connectivity index (χ4v) is 3.97. The Kier molecular flexibility index (Phi) is 3.76. The highest BCUT2D eigenvalue weighted by atomic mass is 32.1. The van der Waals surface area contributed by atoms with Crippen LogP contribution >= 0.6 is 11.3 Å². The molecule has 7 nitrogen and oxygen atoms in total. The number of aromatic nitrogens is 5. The molecule has 3 aromatic heterocycles. The van der Waals surface area contributed by atoms with Crippen LogP contribution in [0.5, 0.6) is 0 Å². The SMILES string of the molecule is Cc1cc(C)n2nc(C(=O)N3CCCC(c4nccs4)C3)nc2n1. The lowest BCUT2D eigenvalue weighted by Crippen LogP contribution is -2.39. The number of thiazole rings is 1. The van der Waals surface area contributed by atoms with E-state index in [0.29, 0.717) is 18.2 Å². The summed E-state index contributed by atoms with van der Waals surface area (Å²) in [5.74, 6) is 0.876. The highest BCUT2D eigenvalue weighted by Crippen LogP contribution is 2.28. The van der Waals surface area contributed by atoms with E-state index in [4.69, 9.17) is 0 Å². The number of amides is 1. The number of carbonyl (C=O) groups excluding carboxylic acids is 1. The zero-order chi connectivity index (χ0) is 16.7. The molecule has 1 aliphatic rings. The van der Waals surface area contributed by atoms with Crippen molar-refractivity contribution in [2.45, 2.75) is 32.6 Å². The number of nitrogens with zero attached hydrogens (tertiary/aromatic N) is 6. The summed E-state index contributed by atoms with van der Waals surface area (Å²) in [5.41, 5.74) is 1.79. The molecule has 4 heterocycles. The van der Waals surface area contributed by atoms with Crippen molar-refractivity contribution in [3.8, 4) is 0 Å². The van der Waals surface area contributed by atoms with E-state index in [1.54, 1.807) is 15.9 Å². The van der Waals surface area contributed by atoms with E-state index in [9.17, 15) is 4.79 Å². The van der Waals surface area contributed by atoms with Gasteiger partial charge in [-0.2, -0.15) is 4.98 Å². The van der Waals surface area contributed by atoms with Crippen LogP contribution in [0.2, 0.25) is 0 Å². The molecule has 4 rings (SSSR count). The van der Waals surface area contributed by atoms with Gasteiger partial charge in [0.25, 0.3) is 11.7 Å². The van der Waals surface area contributed by atoms with Gasteiger partial charge in [-0.3, -0.25) is 4.79 Å². The summed E-state index contributed by atoms with van der Waals surface area (Å²) in [6.45, 7) is 5.26. The topological polar surface area (TPSA) is 76.3 Å². The molecular formula is C16H18N6OS. The Hall–Kier alpha value is -2.35. The minimum Gasteiger partial charge on any atom is -0.335 e. The van der Waals surface area contributed by atoms with Gasteiger partial charge in [0.1, 0.15) is 0 Å². The number of likely N-dealkylation sites (tertiary alicyclic amines) is 1. The number of carbonyl (C=O) groups is 1. The van der Waals surface area contributed by atoms with E-state index in [0.717, 1.165) is 35.8 Å². The van der Waals surface area contributed by atoms with Gasteiger partial charge >= 0.3 is 0 Å². The highest BCUT2D eigenvalue weighted by Gasteiger charge is 2.29. The fourth-order valence-electron chi connectivity index (χ4n) is 3.20. The van der Waals surface area contributed by atoms with Crippen LogP contribution in [0.15, 0.2) is 17.6 Å². The second-order valence-electron chi connectivity index (χ2n) is 6.15. The Labute approximate surface area is 143 Å². The molecule has 0 bridgehead atoms. The average molecular weight is 342 g/mol. The molecule has 0 N–H and O–H groups in total. The number of aryl methyl sites for hydroxylation is 2. The number of hydrogen-bond acceptors (Lipinski definition) is 6. The molecule has 0 aromatic carbocycles. The Bertz CT molecular complexity index is 887. The Morgan fingerprint density at radius 2 is 2.21 bits per heavy atom. The van der Waals surface area contributed by atoms with E-state index in [2.05, 4.69) is 20.1 Å². The second kappa shape index (κ2) is 5.94. The molecule has 1 amide bonds. The first-order valence-corrected chi connectivity index (χ1v) is 8.89. The summed E-state index contributed by atoms with van der Waals surface area (Å²) in [6, 6.07) is 1.93. The number of piperidine rings is 1. The summed E-state index contributed by atoms with van der Waals surface area (Å²) < 4.78 is 1.63. The lowest BCUT2D eigenvalue weighted by Gasteiger charge is -2.30. The predicted molar refractivity (Wildman–Crippen MR) is 90.2 cm³/mol. The van der Waals surface area contributed by atoms with E-state index in [1.165, 1.54) is 0 Å². The van der Waals surface area contributed by atoms with Crippen LogP contribution in [-0.4, -0.2) is 48.5 Å². The van der Waals surface area contributed by atoms with Gasteiger partial charge in [-0.25, -0.2) is 14.5 Å². The lowest BCUT2D eigenvalue weighted by atomic mass is 9.98. The van der Waals surface area contributed by atoms with Gasteiger partial charge in [0.15, 0.2) is 0 Å². The third-order valence-corrected chi connectivity index (χ3v) is 5.26. The maximum Gasteiger partial charge on any atom is 0.293 e. The molecule has 1 aliphatic heterocycles. The van der Waals surface area contributed by atoms with Crippen molar-refractivity contribution in [1.82, 2.24) is 29.5 Å². The standard InChI is InChI=1S/C16H18N6OS/c1-10-8-11(2)22-16(18-10)19-13(20-22)15(23)21-6-3-4-12(9-21)14-17-5-7-24-14/h5,7-8,12H,3-4,6,9H2,1-2H3. The van der Waals surface area contributed by atoms with Gasteiger partial charge in [-0.15, -0.1) is 16.4 Å². The summed E-state index contributed by atoms with van der Waals surface area (Å²) >= 11 is 1.65. The second-order valence-corrected chi connectivity index (χ2v) is 7.07. The predicted octanol–water partition coefficient (Wildman–Crippen LogP) is 2.22. The van der Waals surface area contributed by atoms with Gasteiger partial charge in [0, 0.05) is 42.0 Å². The first kappa shape index (κ1) is 15.2. The van der Waals surface area contributed by atoms with E-state index >= 15 is 0 Å². The number of rotatable bonds is 2. The van der Waals surface area contributed by atoms with Crippen LogP contribution in [0.1, 0.15) is 45.8 Å². The van der Waals surface area contributed by atoms with Gasteiger partial charge in [0.2, 0.25) is 5.82 Å². The van der Waals surface area contributed by atoms with E-state index < -0.39 is 0 Å². The van der Waals surface area contributed by atoms with Crippen molar-refractivity contribution in [2.24, 2.45) is 0 Å². The van der Waals surface area contributed by atoms with Crippen LogP contribution in [0, 0.1) is 13.8 Å². The summed E-state index contributed by atoms with van der Waals surface area (Å²) in [6.07, 6.45) is 3.86. The Morgan fingerprint density at radius 3 is 3.00 bits per heavy atom. The molecule has 8 heteroatoms. The summed E-state index contributed by atoms with van der Waals surface area (Å²) in [4.78, 5) is 27.7. The van der Waals surface area contributed by atoms with Crippen molar-refractivity contribution in [3.63, 3.8) is 0 Å². The summed E-state index contributed by atoms with van der Waals surface area (Å²) in [5, 5.41) is 7.44. The highest BCUT2D eigenvalue weighted by molar-refractivity contribution is 7.09. The van der Waals surface area contributed by atoms with Crippen molar-refractivity contribution >= 4 is 23.0 Å². The average Bonchev–Trinajstić information content (AvgIpc) is 3.24. The minimum atomic E-state index is -0.126. The van der Waals surface area contributed by atoms with E-state index in [1.807, 2.05) is 36.4 Å². The van der Waals surface area contributed by atoms with Crippen LogP contribution in [0.4, 0.5) is 0 Å². The van der Waals surface area contributed by atoms with Crippen molar-refractivity contribution in [3.05, 3.63) is 39.9 Å². The smallest absolute Gasteiger partial charge is 0.293 e. The molecule has 1 unspecified atom stereocenters. The van der Waals surface area contributed by atoms with Crippen LogP contribution in [0.25, 0.3) is 5.78 Å². The zero-order valence-electron chi connectivity index (χ0n) is 13.6. The van der Waals surface area contributed by atoms with Gasteiger partial charge in [0.05, 0.1) is 5.01 Å². The molecule has 1 atom stereocenters. The van der Waals surface area contributed by atoms with Crippen LogP contribution < -0.4 is 0 Å². The first-order valence-electron chi connectivity index (χ1n) is 8.01. The zero-order valence-corrected chi connectivity index (χ0v) is 14.5. The summed E-state index contributed by atoms with van der Waals surface area (Å²) in [7, 11) is 0. The van der Waals surface area contributed by atoms with Crippen molar-refractivity contribution in [2.75, 3.05) is 13.1 Å². The fraction of sp³-hybridized carbons (Fsp3) is 0.438. The molecular weight excluding hydrogens is 324 g/mol. The van der Waals surface area contributed by atoms with Gasteiger partial charge in [-0.1, -0.05) is 0 Å². The molecule has 0 aliphatic carbocycles. The van der Waals surface area contributed by atoms with Crippen molar-refractivity contribution in [1.29, 1.82) is 0 Å². The van der Waals surface area contributed by atoms with Gasteiger partial charge < -0.3 is 4.90 Å². The molecule has 1 fully saturated rings. The molecule has 24 heavy (non-hydrogen) atoms. The third-order valence-electron chi connectivity index (χ3n) is 4.32. The maximum atomic E-state index is 12.8. The first-order chi connectivity index (χ1) is 11.6. The van der Waals surface area contributed by atoms with Crippen molar-refractivity contribution < 1.29 is 4.79 Å². The monoisotopic (exact) mass is 342 g/mol. The number of hydrogen-bond donors (Lipinski definition) is 0. The van der Waals surface area contributed by atoms with Crippen LogP contribution in [-0.2, 0) is 0 Å². The number of fused-ring (bicyclic) bond motifs is 1. The molecule has 0 saturated carbocycles. The lowest BCUT2D eigenvalue weighted by molar-refractivity contribution is 0.0695. The maximum absolute atomic E-state index is 12.8.